The van der Waals surface area contributed by atoms with Crippen molar-refractivity contribution in [3.63, 3.8) is 0 Å². The van der Waals surface area contributed by atoms with Crippen LogP contribution in [0.1, 0.15) is 15.9 Å². The molecule has 0 bridgehead atoms. The Labute approximate surface area is 122 Å². The van der Waals surface area contributed by atoms with E-state index in [-0.39, 0.29) is 5.56 Å². The molecule has 0 spiro atoms. The lowest BCUT2D eigenvalue weighted by Gasteiger charge is -2.12. The van der Waals surface area contributed by atoms with E-state index in [0.29, 0.717) is 0 Å². The maximum atomic E-state index is 10.9. The molecule has 0 saturated heterocycles. The first-order valence-electron chi connectivity index (χ1n) is 6.74. The summed E-state index contributed by atoms with van der Waals surface area (Å²) in [4.78, 5) is 10.9. The monoisotopic (exact) mass is 277 g/mol. The van der Waals surface area contributed by atoms with Crippen LogP contribution >= 0.6 is 0 Å². The van der Waals surface area contributed by atoms with Crippen LogP contribution in [-0.4, -0.2) is 11.1 Å². The highest BCUT2D eigenvalue weighted by Crippen LogP contribution is 2.27. The second-order valence-electron chi connectivity index (χ2n) is 4.97. The summed E-state index contributed by atoms with van der Waals surface area (Å²) in [5, 5.41) is 14.7. The number of benzene rings is 3. The summed E-state index contributed by atoms with van der Waals surface area (Å²) in [5.41, 5.74) is 3.36. The van der Waals surface area contributed by atoms with Gasteiger partial charge in [-0.05, 0) is 53.6 Å². The van der Waals surface area contributed by atoms with Crippen molar-refractivity contribution < 1.29 is 9.90 Å². The first-order valence-corrected chi connectivity index (χ1v) is 6.74. The fraction of sp³-hybridized carbons (Fsp3) is 0.0556. The van der Waals surface area contributed by atoms with Gasteiger partial charge in [-0.25, -0.2) is 4.79 Å². The van der Waals surface area contributed by atoms with Crippen LogP contribution in [0.2, 0.25) is 0 Å². The minimum absolute atomic E-state index is 0.288. The van der Waals surface area contributed by atoms with Crippen molar-refractivity contribution in [3.8, 4) is 0 Å². The average molecular weight is 277 g/mol. The Bertz CT molecular complexity index is 807. The van der Waals surface area contributed by atoms with Gasteiger partial charge in [0, 0.05) is 11.4 Å². The molecule has 3 aromatic rings. The van der Waals surface area contributed by atoms with Gasteiger partial charge in [0.05, 0.1) is 5.56 Å². The van der Waals surface area contributed by atoms with Gasteiger partial charge in [-0.1, -0.05) is 30.3 Å². The van der Waals surface area contributed by atoms with E-state index in [2.05, 4.69) is 30.4 Å². The zero-order chi connectivity index (χ0) is 14.8. The van der Waals surface area contributed by atoms with E-state index in [1.165, 1.54) is 16.3 Å². The maximum Gasteiger partial charge on any atom is 0.335 e. The molecule has 0 aliphatic heterocycles. The smallest absolute Gasteiger partial charge is 0.335 e. The molecule has 0 aliphatic rings. The molecule has 0 amide bonds. The summed E-state index contributed by atoms with van der Waals surface area (Å²) < 4.78 is 0. The summed E-state index contributed by atoms with van der Waals surface area (Å²) >= 11 is 0. The number of rotatable bonds is 3. The van der Waals surface area contributed by atoms with Crippen LogP contribution in [0.3, 0.4) is 0 Å². The van der Waals surface area contributed by atoms with E-state index in [0.717, 1.165) is 11.4 Å². The van der Waals surface area contributed by atoms with Crippen LogP contribution in [0, 0.1) is 6.92 Å². The molecular weight excluding hydrogens is 262 g/mol. The van der Waals surface area contributed by atoms with Gasteiger partial charge in [0.2, 0.25) is 0 Å². The molecule has 3 nitrogen and oxygen atoms in total. The minimum atomic E-state index is -0.913. The average Bonchev–Trinajstić information content (AvgIpc) is 2.51. The van der Waals surface area contributed by atoms with Crippen LogP contribution in [-0.2, 0) is 0 Å². The van der Waals surface area contributed by atoms with Crippen molar-refractivity contribution >= 4 is 28.1 Å². The number of anilines is 2. The largest absolute Gasteiger partial charge is 0.478 e. The molecule has 21 heavy (non-hydrogen) atoms. The van der Waals surface area contributed by atoms with E-state index in [1.54, 1.807) is 24.3 Å². The molecule has 0 heterocycles. The van der Waals surface area contributed by atoms with Gasteiger partial charge in [-0.3, -0.25) is 0 Å². The number of carboxylic acid groups (broad SMARTS) is 1. The summed E-state index contributed by atoms with van der Waals surface area (Å²) in [6, 6.07) is 19.1. The van der Waals surface area contributed by atoms with Gasteiger partial charge in [0.25, 0.3) is 0 Å². The van der Waals surface area contributed by atoms with Gasteiger partial charge >= 0.3 is 5.97 Å². The SMILES string of the molecule is Cc1c(Nc2ccc(C(=O)O)cc2)ccc2ccccc12. The highest BCUT2D eigenvalue weighted by molar-refractivity contribution is 5.91. The van der Waals surface area contributed by atoms with Crippen LogP contribution < -0.4 is 5.32 Å². The first kappa shape index (κ1) is 13.2. The Morgan fingerprint density at radius 1 is 0.952 bits per heavy atom. The van der Waals surface area contributed by atoms with Crippen molar-refractivity contribution in [3.05, 3.63) is 71.8 Å². The summed E-state index contributed by atoms with van der Waals surface area (Å²) in [5.74, 6) is -0.913. The van der Waals surface area contributed by atoms with Crippen molar-refractivity contribution in [1.29, 1.82) is 0 Å². The molecule has 0 saturated carbocycles. The zero-order valence-electron chi connectivity index (χ0n) is 11.6. The second kappa shape index (κ2) is 5.29. The van der Waals surface area contributed by atoms with Gasteiger partial charge in [0.15, 0.2) is 0 Å². The number of fused-ring (bicyclic) bond motifs is 1. The quantitative estimate of drug-likeness (QED) is 0.736. The highest BCUT2D eigenvalue weighted by Gasteiger charge is 2.05. The minimum Gasteiger partial charge on any atom is -0.478 e. The molecule has 104 valence electrons. The maximum absolute atomic E-state index is 10.9. The normalized spacial score (nSPS) is 10.5. The summed E-state index contributed by atoms with van der Waals surface area (Å²) in [6.45, 7) is 2.08. The standard InChI is InChI=1S/C18H15NO2/c1-12-16-5-3-2-4-13(16)8-11-17(12)19-15-9-6-14(7-10-15)18(20)21/h2-11,19H,1H3,(H,20,21). The van der Waals surface area contributed by atoms with Gasteiger partial charge < -0.3 is 10.4 Å². The van der Waals surface area contributed by atoms with Gasteiger partial charge in [0.1, 0.15) is 0 Å². The van der Waals surface area contributed by atoms with Crippen molar-refractivity contribution in [2.45, 2.75) is 6.92 Å². The van der Waals surface area contributed by atoms with E-state index < -0.39 is 5.97 Å². The zero-order valence-corrected chi connectivity index (χ0v) is 11.6. The number of aromatic carboxylic acids is 1. The van der Waals surface area contributed by atoms with Crippen LogP contribution in [0.25, 0.3) is 10.8 Å². The number of aryl methyl sites for hydroxylation is 1. The van der Waals surface area contributed by atoms with Crippen LogP contribution in [0.15, 0.2) is 60.7 Å². The lowest BCUT2D eigenvalue weighted by molar-refractivity contribution is 0.0697. The molecule has 3 rings (SSSR count). The molecule has 0 aromatic heterocycles. The van der Waals surface area contributed by atoms with Crippen molar-refractivity contribution in [2.75, 3.05) is 5.32 Å². The molecular formula is C18H15NO2. The van der Waals surface area contributed by atoms with Crippen LogP contribution in [0.5, 0.6) is 0 Å². The fourth-order valence-corrected chi connectivity index (χ4v) is 2.41. The van der Waals surface area contributed by atoms with E-state index in [1.807, 2.05) is 18.2 Å². The first-order chi connectivity index (χ1) is 10.1. The molecule has 3 heteroatoms. The predicted octanol–water partition coefficient (Wildman–Crippen LogP) is 4.59. The number of hydrogen-bond donors (Lipinski definition) is 2. The third kappa shape index (κ3) is 2.58. The van der Waals surface area contributed by atoms with Crippen molar-refractivity contribution in [2.24, 2.45) is 0 Å². The lowest BCUT2D eigenvalue weighted by Crippen LogP contribution is -1.97. The molecule has 0 aliphatic carbocycles. The topological polar surface area (TPSA) is 49.3 Å². The fourth-order valence-electron chi connectivity index (χ4n) is 2.41. The number of nitrogens with one attached hydrogen (secondary N) is 1. The second-order valence-corrected chi connectivity index (χ2v) is 4.97. The van der Waals surface area contributed by atoms with Gasteiger partial charge in [-0.2, -0.15) is 0 Å². The Morgan fingerprint density at radius 2 is 1.67 bits per heavy atom. The third-order valence-corrected chi connectivity index (χ3v) is 3.61. The van der Waals surface area contributed by atoms with Crippen molar-refractivity contribution in [1.82, 2.24) is 0 Å². The Kier molecular flexibility index (Phi) is 3.32. The number of carbonyl (C=O) groups is 1. The molecule has 0 atom stereocenters. The Hall–Kier alpha value is -2.81. The third-order valence-electron chi connectivity index (χ3n) is 3.61. The lowest BCUT2D eigenvalue weighted by atomic mass is 10.0. The Balaban J connectivity index is 1.94. The summed E-state index contributed by atoms with van der Waals surface area (Å²) in [6.07, 6.45) is 0. The Morgan fingerprint density at radius 3 is 2.38 bits per heavy atom. The number of hydrogen-bond acceptors (Lipinski definition) is 2. The summed E-state index contributed by atoms with van der Waals surface area (Å²) in [7, 11) is 0. The van der Waals surface area contributed by atoms with Gasteiger partial charge in [-0.15, -0.1) is 0 Å². The molecule has 2 N–H and O–H groups in total. The molecule has 0 fully saturated rings. The highest BCUT2D eigenvalue weighted by atomic mass is 16.4. The molecule has 0 unspecified atom stereocenters. The predicted molar refractivity (Wildman–Crippen MR) is 85.4 cm³/mol. The van der Waals surface area contributed by atoms with Crippen LogP contribution in [0.4, 0.5) is 11.4 Å². The van der Waals surface area contributed by atoms with E-state index in [4.69, 9.17) is 5.11 Å². The number of carboxylic acids is 1. The van der Waals surface area contributed by atoms with E-state index in [9.17, 15) is 4.79 Å². The molecule has 3 aromatic carbocycles. The van der Waals surface area contributed by atoms with E-state index >= 15 is 0 Å². The molecule has 0 radical (unpaired) electrons.